The van der Waals surface area contributed by atoms with Crippen molar-refractivity contribution in [1.82, 2.24) is 15.3 Å². The molecule has 0 fully saturated rings. The first-order valence-electron chi connectivity index (χ1n) is 6.82. The Morgan fingerprint density at radius 3 is 2.47 bits per heavy atom. The second-order valence-corrected chi connectivity index (χ2v) is 5.95. The number of imidazole rings is 1. The van der Waals surface area contributed by atoms with E-state index in [-0.39, 0.29) is 5.54 Å². The lowest BCUT2D eigenvalue weighted by molar-refractivity contribution is 0.427. The van der Waals surface area contributed by atoms with E-state index in [1.165, 1.54) is 5.56 Å². The highest BCUT2D eigenvalue weighted by Crippen LogP contribution is 2.20. The van der Waals surface area contributed by atoms with E-state index in [1.807, 2.05) is 18.2 Å². The van der Waals surface area contributed by atoms with Crippen molar-refractivity contribution in [2.45, 2.75) is 39.7 Å². The van der Waals surface area contributed by atoms with Gasteiger partial charge >= 0.3 is 0 Å². The maximum absolute atomic E-state index is 4.70. The predicted molar refractivity (Wildman–Crippen MR) is 80.2 cm³/mol. The third kappa shape index (κ3) is 3.93. The van der Waals surface area contributed by atoms with E-state index in [9.17, 15) is 0 Å². The van der Waals surface area contributed by atoms with Gasteiger partial charge < -0.3 is 10.3 Å². The van der Waals surface area contributed by atoms with Crippen molar-refractivity contribution in [3.8, 4) is 11.3 Å². The first kappa shape index (κ1) is 13.8. The molecule has 2 rings (SSSR count). The van der Waals surface area contributed by atoms with Crippen LogP contribution in [0.3, 0.4) is 0 Å². The fourth-order valence-corrected chi connectivity index (χ4v) is 2.07. The van der Waals surface area contributed by atoms with Crippen LogP contribution in [-0.4, -0.2) is 22.1 Å². The summed E-state index contributed by atoms with van der Waals surface area (Å²) < 4.78 is 0. The summed E-state index contributed by atoms with van der Waals surface area (Å²) in [6.07, 6.45) is 0.922. The SMILES string of the molecule is Cc1[nH]c(CCNC(C)(C)C)nc1-c1ccccc1. The molecule has 3 heteroatoms. The number of nitrogens with one attached hydrogen (secondary N) is 2. The van der Waals surface area contributed by atoms with Crippen LogP contribution in [0.25, 0.3) is 11.3 Å². The highest BCUT2D eigenvalue weighted by molar-refractivity contribution is 5.61. The second-order valence-electron chi connectivity index (χ2n) is 5.95. The van der Waals surface area contributed by atoms with Gasteiger partial charge in [-0.15, -0.1) is 0 Å². The molecule has 1 heterocycles. The monoisotopic (exact) mass is 257 g/mol. The Hall–Kier alpha value is -1.61. The Morgan fingerprint density at radius 2 is 1.84 bits per heavy atom. The van der Waals surface area contributed by atoms with Crippen LogP contribution in [0.4, 0.5) is 0 Å². The lowest BCUT2D eigenvalue weighted by Crippen LogP contribution is -2.37. The van der Waals surface area contributed by atoms with E-state index in [2.05, 4.69) is 50.1 Å². The lowest BCUT2D eigenvalue weighted by Gasteiger charge is -2.19. The van der Waals surface area contributed by atoms with Gasteiger partial charge in [0, 0.05) is 29.8 Å². The van der Waals surface area contributed by atoms with Crippen molar-refractivity contribution in [1.29, 1.82) is 0 Å². The van der Waals surface area contributed by atoms with Crippen molar-refractivity contribution in [2.24, 2.45) is 0 Å². The summed E-state index contributed by atoms with van der Waals surface area (Å²) in [6.45, 7) is 9.54. The van der Waals surface area contributed by atoms with Crippen LogP contribution in [-0.2, 0) is 6.42 Å². The molecule has 0 bridgehead atoms. The molecule has 0 saturated heterocycles. The maximum Gasteiger partial charge on any atom is 0.108 e. The molecule has 1 aromatic carbocycles. The normalized spacial score (nSPS) is 11.8. The molecule has 0 aliphatic carbocycles. The van der Waals surface area contributed by atoms with Crippen molar-refractivity contribution in [3.05, 3.63) is 41.9 Å². The van der Waals surface area contributed by atoms with Crippen LogP contribution >= 0.6 is 0 Å². The zero-order valence-electron chi connectivity index (χ0n) is 12.2. The molecular weight excluding hydrogens is 234 g/mol. The van der Waals surface area contributed by atoms with Gasteiger partial charge in [-0.2, -0.15) is 0 Å². The van der Waals surface area contributed by atoms with Gasteiger partial charge in [-0.1, -0.05) is 30.3 Å². The fourth-order valence-electron chi connectivity index (χ4n) is 2.07. The van der Waals surface area contributed by atoms with Gasteiger partial charge in [-0.3, -0.25) is 0 Å². The average Bonchev–Trinajstić information content (AvgIpc) is 2.70. The van der Waals surface area contributed by atoms with Gasteiger partial charge in [0.05, 0.1) is 5.69 Å². The molecule has 0 aliphatic heterocycles. The minimum atomic E-state index is 0.157. The number of rotatable bonds is 4. The minimum Gasteiger partial charge on any atom is -0.346 e. The number of aromatic nitrogens is 2. The van der Waals surface area contributed by atoms with Gasteiger partial charge in [0.25, 0.3) is 0 Å². The van der Waals surface area contributed by atoms with E-state index in [4.69, 9.17) is 4.98 Å². The van der Waals surface area contributed by atoms with Crippen LogP contribution in [0, 0.1) is 6.92 Å². The zero-order valence-corrected chi connectivity index (χ0v) is 12.2. The molecule has 1 aromatic heterocycles. The molecule has 2 N–H and O–H groups in total. The molecular formula is C16H23N3. The maximum atomic E-state index is 4.70. The Bertz CT molecular complexity index is 521. The van der Waals surface area contributed by atoms with E-state index >= 15 is 0 Å². The summed E-state index contributed by atoms with van der Waals surface area (Å²) in [5.74, 6) is 1.05. The standard InChI is InChI=1S/C16H23N3/c1-12-15(13-8-6-5-7-9-13)19-14(18-12)10-11-17-16(2,3)4/h5-9,17H,10-11H2,1-4H3,(H,18,19). The Labute approximate surface area is 115 Å². The summed E-state index contributed by atoms with van der Waals surface area (Å²) in [4.78, 5) is 8.08. The second kappa shape index (κ2) is 5.57. The van der Waals surface area contributed by atoms with E-state index < -0.39 is 0 Å². The molecule has 0 aliphatic rings. The van der Waals surface area contributed by atoms with Gasteiger partial charge in [-0.25, -0.2) is 4.98 Å². The van der Waals surface area contributed by atoms with E-state index in [1.54, 1.807) is 0 Å². The first-order valence-corrected chi connectivity index (χ1v) is 6.82. The van der Waals surface area contributed by atoms with Gasteiger partial charge in [0.1, 0.15) is 5.82 Å². The number of H-pyrrole nitrogens is 1. The summed E-state index contributed by atoms with van der Waals surface area (Å²) in [7, 11) is 0. The van der Waals surface area contributed by atoms with Crippen molar-refractivity contribution < 1.29 is 0 Å². The Kier molecular flexibility index (Phi) is 4.05. The number of nitrogens with zero attached hydrogens (tertiary/aromatic N) is 1. The van der Waals surface area contributed by atoms with Crippen LogP contribution in [0.2, 0.25) is 0 Å². The summed E-state index contributed by atoms with van der Waals surface area (Å²) in [5.41, 5.74) is 3.53. The van der Waals surface area contributed by atoms with Crippen molar-refractivity contribution in [2.75, 3.05) is 6.54 Å². The summed E-state index contributed by atoms with van der Waals surface area (Å²) in [5, 5.41) is 3.48. The smallest absolute Gasteiger partial charge is 0.108 e. The molecule has 0 radical (unpaired) electrons. The largest absolute Gasteiger partial charge is 0.346 e. The van der Waals surface area contributed by atoms with E-state index in [0.717, 1.165) is 30.2 Å². The average molecular weight is 257 g/mol. The topological polar surface area (TPSA) is 40.7 Å². The summed E-state index contributed by atoms with van der Waals surface area (Å²) >= 11 is 0. The van der Waals surface area contributed by atoms with Gasteiger partial charge in [-0.05, 0) is 27.7 Å². The molecule has 3 nitrogen and oxygen atoms in total. The molecule has 0 unspecified atom stereocenters. The third-order valence-electron chi connectivity index (χ3n) is 3.00. The molecule has 0 atom stereocenters. The zero-order chi connectivity index (χ0) is 13.9. The van der Waals surface area contributed by atoms with Gasteiger partial charge in [0.2, 0.25) is 0 Å². The molecule has 0 amide bonds. The predicted octanol–water partition coefficient (Wildman–Crippen LogP) is 3.32. The third-order valence-corrected chi connectivity index (χ3v) is 3.00. The number of aryl methyl sites for hydroxylation is 1. The van der Waals surface area contributed by atoms with Crippen LogP contribution in [0.15, 0.2) is 30.3 Å². The highest BCUT2D eigenvalue weighted by Gasteiger charge is 2.11. The molecule has 2 aromatic rings. The number of hydrogen-bond donors (Lipinski definition) is 2. The Morgan fingerprint density at radius 1 is 1.16 bits per heavy atom. The van der Waals surface area contributed by atoms with Crippen LogP contribution in [0.5, 0.6) is 0 Å². The number of hydrogen-bond acceptors (Lipinski definition) is 2. The Balaban J connectivity index is 2.05. The molecule has 102 valence electrons. The molecule has 0 saturated carbocycles. The fraction of sp³-hybridized carbons (Fsp3) is 0.438. The molecule has 0 spiro atoms. The summed E-state index contributed by atoms with van der Waals surface area (Å²) in [6, 6.07) is 10.3. The van der Waals surface area contributed by atoms with Gasteiger partial charge in [0.15, 0.2) is 0 Å². The first-order chi connectivity index (χ1) is 8.96. The van der Waals surface area contributed by atoms with Crippen LogP contribution in [0.1, 0.15) is 32.3 Å². The minimum absolute atomic E-state index is 0.157. The number of benzene rings is 1. The van der Waals surface area contributed by atoms with Crippen molar-refractivity contribution in [3.63, 3.8) is 0 Å². The molecule has 19 heavy (non-hydrogen) atoms. The number of aromatic amines is 1. The van der Waals surface area contributed by atoms with Crippen LogP contribution < -0.4 is 5.32 Å². The lowest BCUT2D eigenvalue weighted by atomic mass is 10.1. The highest BCUT2D eigenvalue weighted by atomic mass is 15.0. The quantitative estimate of drug-likeness (QED) is 0.882. The van der Waals surface area contributed by atoms with E-state index in [0.29, 0.717) is 0 Å². The van der Waals surface area contributed by atoms with Crippen molar-refractivity contribution >= 4 is 0 Å².